The molecular weight excluding hydrogens is 300 g/mol. The van der Waals surface area contributed by atoms with Gasteiger partial charge in [-0.25, -0.2) is 0 Å². The van der Waals surface area contributed by atoms with Crippen molar-refractivity contribution in [2.75, 3.05) is 19.7 Å². The van der Waals surface area contributed by atoms with E-state index in [9.17, 15) is 4.79 Å². The summed E-state index contributed by atoms with van der Waals surface area (Å²) in [5.41, 5.74) is 2.14. The maximum Gasteiger partial charge on any atom is 0.225 e. The van der Waals surface area contributed by atoms with Crippen LogP contribution in [0, 0.1) is 5.92 Å². The number of amides is 1. The summed E-state index contributed by atoms with van der Waals surface area (Å²) in [7, 11) is 0. The molecule has 24 heavy (non-hydrogen) atoms. The second-order valence-corrected chi connectivity index (χ2v) is 6.04. The summed E-state index contributed by atoms with van der Waals surface area (Å²) < 4.78 is 5.51. The molecule has 0 aliphatic carbocycles. The maximum absolute atomic E-state index is 12.6. The van der Waals surface area contributed by atoms with Gasteiger partial charge in [-0.05, 0) is 43.1 Å². The minimum atomic E-state index is -0.144. The Balaban J connectivity index is 1.83. The number of rotatable bonds is 6. The van der Waals surface area contributed by atoms with Gasteiger partial charge in [-0.15, -0.1) is 0 Å². The van der Waals surface area contributed by atoms with E-state index in [0.29, 0.717) is 6.61 Å². The zero-order chi connectivity index (χ0) is 16.8. The lowest BCUT2D eigenvalue weighted by Crippen LogP contribution is -2.35. The topological polar surface area (TPSA) is 50.4 Å². The number of hydrogen-bond donors (Lipinski definition) is 2. The summed E-state index contributed by atoms with van der Waals surface area (Å²) in [6, 6.07) is 17.9. The van der Waals surface area contributed by atoms with Gasteiger partial charge in [0.05, 0.1) is 18.6 Å². The van der Waals surface area contributed by atoms with Gasteiger partial charge in [-0.3, -0.25) is 4.79 Å². The Morgan fingerprint density at radius 1 is 1.17 bits per heavy atom. The van der Waals surface area contributed by atoms with Crippen molar-refractivity contribution in [1.82, 2.24) is 10.6 Å². The molecular formula is C20H24N2O2. The van der Waals surface area contributed by atoms with Gasteiger partial charge in [0.2, 0.25) is 5.91 Å². The first-order valence-corrected chi connectivity index (χ1v) is 8.56. The molecule has 1 fully saturated rings. The molecule has 1 aliphatic rings. The number of benzene rings is 2. The molecule has 1 heterocycles. The molecule has 4 heteroatoms. The third-order valence-electron chi connectivity index (χ3n) is 4.38. The number of carbonyl (C=O) groups is 1. The monoisotopic (exact) mass is 324 g/mol. The van der Waals surface area contributed by atoms with Crippen molar-refractivity contribution in [3.8, 4) is 5.75 Å². The van der Waals surface area contributed by atoms with Gasteiger partial charge in [0, 0.05) is 6.54 Å². The van der Waals surface area contributed by atoms with Crippen LogP contribution in [0.3, 0.4) is 0 Å². The number of ether oxygens (including phenoxy) is 1. The molecule has 126 valence electrons. The van der Waals surface area contributed by atoms with E-state index in [1.807, 2.05) is 61.5 Å². The highest BCUT2D eigenvalue weighted by Gasteiger charge is 2.25. The second-order valence-electron chi connectivity index (χ2n) is 6.04. The highest BCUT2D eigenvalue weighted by Crippen LogP contribution is 2.25. The molecule has 2 aromatic carbocycles. The summed E-state index contributed by atoms with van der Waals surface area (Å²) in [5.74, 6) is 1.01. The maximum atomic E-state index is 12.6. The second kappa shape index (κ2) is 7.97. The SMILES string of the molecule is CCOc1ccc([C@H](NC(=O)[C@H]2CCNC2)c2ccccc2)cc1. The molecule has 2 N–H and O–H groups in total. The highest BCUT2D eigenvalue weighted by atomic mass is 16.5. The van der Waals surface area contributed by atoms with Gasteiger partial charge in [0.15, 0.2) is 0 Å². The third kappa shape index (κ3) is 3.95. The lowest BCUT2D eigenvalue weighted by atomic mass is 9.97. The van der Waals surface area contributed by atoms with Gasteiger partial charge in [-0.2, -0.15) is 0 Å². The van der Waals surface area contributed by atoms with Crippen LogP contribution in [0.15, 0.2) is 54.6 Å². The molecule has 0 bridgehead atoms. The lowest BCUT2D eigenvalue weighted by molar-refractivity contribution is -0.124. The van der Waals surface area contributed by atoms with Crippen LogP contribution in [0.25, 0.3) is 0 Å². The summed E-state index contributed by atoms with van der Waals surface area (Å²) in [6.45, 7) is 4.29. The Morgan fingerprint density at radius 2 is 1.88 bits per heavy atom. The quantitative estimate of drug-likeness (QED) is 0.859. The fourth-order valence-electron chi connectivity index (χ4n) is 3.07. The highest BCUT2D eigenvalue weighted by molar-refractivity contribution is 5.80. The first kappa shape index (κ1) is 16.5. The number of nitrogens with one attached hydrogen (secondary N) is 2. The standard InChI is InChI=1S/C20H24N2O2/c1-2-24-18-10-8-16(9-11-18)19(15-6-4-3-5-7-15)22-20(23)17-12-13-21-14-17/h3-11,17,19,21H,2,12-14H2,1H3,(H,22,23)/t17-,19+/m0/s1. The Bertz CT molecular complexity index is 649. The van der Waals surface area contributed by atoms with Crippen LogP contribution in [-0.2, 0) is 4.79 Å². The molecule has 0 radical (unpaired) electrons. The first-order valence-electron chi connectivity index (χ1n) is 8.56. The van der Waals surface area contributed by atoms with Crippen LogP contribution in [-0.4, -0.2) is 25.6 Å². The molecule has 1 aliphatic heterocycles. The molecule has 3 rings (SSSR count). The summed E-state index contributed by atoms with van der Waals surface area (Å²) in [4.78, 5) is 12.6. The van der Waals surface area contributed by atoms with Crippen LogP contribution in [0.2, 0.25) is 0 Å². The summed E-state index contributed by atoms with van der Waals surface area (Å²) >= 11 is 0. The van der Waals surface area contributed by atoms with E-state index in [4.69, 9.17) is 4.74 Å². The molecule has 1 saturated heterocycles. The van der Waals surface area contributed by atoms with Gasteiger partial charge in [0.25, 0.3) is 0 Å². The average molecular weight is 324 g/mol. The van der Waals surface area contributed by atoms with E-state index < -0.39 is 0 Å². The van der Waals surface area contributed by atoms with Gasteiger partial charge in [0.1, 0.15) is 5.75 Å². The smallest absolute Gasteiger partial charge is 0.225 e. The van der Waals surface area contributed by atoms with E-state index in [0.717, 1.165) is 36.4 Å². The molecule has 4 nitrogen and oxygen atoms in total. The fourth-order valence-corrected chi connectivity index (χ4v) is 3.07. The zero-order valence-electron chi connectivity index (χ0n) is 14.0. The van der Waals surface area contributed by atoms with Gasteiger partial charge >= 0.3 is 0 Å². The van der Waals surface area contributed by atoms with Gasteiger partial charge < -0.3 is 15.4 Å². The molecule has 1 amide bonds. The molecule has 0 unspecified atom stereocenters. The number of carbonyl (C=O) groups excluding carboxylic acids is 1. The minimum absolute atomic E-state index is 0.0545. The van der Waals surface area contributed by atoms with Gasteiger partial charge in [-0.1, -0.05) is 42.5 Å². The van der Waals surface area contributed by atoms with Crippen molar-refractivity contribution in [3.05, 3.63) is 65.7 Å². The normalized spacial score (nSPS) is 18.1. The molecule has 0 spiro atoms. The summed E-state index contributed by atoms with van der Waals surface area (Å²) in [6.07, 6.45) is 0.899. The summed E-state index contributed by atoms with van der Waals surface area (Å²) in [5, 5.41) is 6.47. The van der Waals surface area contributed by atoms with E-state index in [-0.39, 0.29) is 17.9 Å². The Kier molecular flexibility index (Phi) is 5.49. The van der Waals surface area contributed by atoms with Crippen molar-refractivity contribution in [1.29, 1.82) is 0 Å². The van der Waals surface area contributed by atoms with E-state index in [1.165, 1.54) is 0 Å². The third-order valence-corrected chi connectivity index (χ3v) is 4.38. The predicted molar refractivity (Wildman–Crippen MR) is 95.0 cm³/mol. The largest absolute Gasteiger partial charge is 0.494 e. The van der Waals surface area contributed by atoms with E-state index >= 15 is 0 Å². The molecule has 2 atom stereocenters. The average Bonchev–Trinajstić information content (AvgIpc) is 3.16. The molecule has 0 saturated carbocycles. The predicted octanol–water partition coefficient (Wildman–Crippen LogP) is 2.90. The minimum Gasteiger partial charge on any atom is -0.494 e. The van der Waals surface area contributed by atoms with E-state index in [1.54, 1.807) is 0 Å². The van der Waals surface area contributed by atoms with Crippen molar-refractivity contribution in [2.45, 2.75) is 19.4 Å². The first-order chi connectivity index (χ1) is 11.8. The van der Waals surface area contributed by atoms with Crippen LogP contribution in [0.1, 0.15) is 30.5 Å². The molecule has 0 aromatic heterocycles. The molecule has 2 aromatic rings. The van der Waals surface area contributed by atoms with Crippen LogP contribution in [0.4, 0.5) is 0 Å². The fraction of sp³-hybridized carbons (Fsp3) is 0.350. The van der Waals surface area contributed by atoms with E-state index in [2.05, 4.69) is 10.6 Å². The Hall–Kier alpha value is -2.33. The van der Waals surface area contributed by atoms with Crippen molar-refractivity contribution in [2.24, 2.45) is 5.92 Å². The van der Waals surface area contributed by atoms with Crippen LogP contribution >= 0.6 is 0 Å². The van der Waals surface area contributed by atoms with Crippen molar-refractivity contribution in [3.63, 3.8) is 0 Å². The Morgan fingerprint density at radius 3 is 2.50 bits per heavy atom. The Labute approximate surface area is 143 Å². The lowest BCUT2D eigenvalue weighted by Gasteiger charge is -2.22. The van der Waals surface area contributed by atoms with Crippen molar-refractivity contribution < 1.29 is 9.53 Å². The zero-order valence-corrected chi connectivity index (χ0v) is 14.0. The van der Waals surface area contributed by atoms with Crippen molar-refractivity contribution >= 4 is 5.91 Å². The van der Waals surface area contributed by atoms with Crippen LogP contribution in [0.5, 0.6) is 5.75 Å². The van der Waals surface area contributed by atoms with Crippen LogP contribution < -0.4 is 15.4 Å². The number of hydrogen-bond acceptors (Lipinski definition) is 3.